The number of carbonyl (C=O) groups excluding carboxylic acids is 1. The predicted molar refractivity (Wildman–Crippen MR) is 95.1 cm³/mol. The van der Waals surface area contributed by atoms with E-state index in [1.165, 1.54) is 41.3 Å². The number of nitro benzene ring substituents is 1. The molecule has 0 N–H and O–H groups in total. The van der Waals surface area contributed by atoms with E-state index in [0.717, 1.165) is 11.8 Å². The predicted octanol–water partition coefficient (Wildman–Crippen LogP) is 4.14. The maximum absolute atomic E-state index is 12.9. The lowest BCUT2D eigenvalue weighted by Gasteiger charge is -2.13. The fraction of sp³-hybridized carbons (Fsp3) is 0. The first-order valence-corrected chi connectivity index (χ1v) is 7.96. The van der Waals surface area contributed by atoms with Crippen LogP contribution in [-0.4, -0.2) is 15.2 Å². The minimum Gasteiger partial charge on any atom is -0.268 e. The molecule has 1 heterocycles. The van der Waals surface area contributed by atoms with Gasteiger partial charge in [-0.3, -0.25) is 19.8 Å². The Balaban J connectivity index is 1.88. The number of hydrogen-bond donors (Lipinski definition) is 0. The molecule has 2 aromatic carbocycles. The Hall–Kier alpha value is -2.58. The van der Waals surface area contributed by atoms with Gasteiger partial charge in [0.15, 0.2) is 4.32 Å². The van der Waals surface area contributed by atoms with E-state index >= 15 is 0 Å². The zero-order chi connectivity index (χ0) is 17.3. The Bertz CT molecular complexity index is 864. The lowest BCUT2D eigenvalue weighted by molar-refractivity contribution is -0.384. The molecule has 1 aliphatic rings. The minimum atomic E-state index is -0.511. The van der Waals surface area contributed by atoms with E-state index in [2.05, 4.69) is 0 Å². The quantitative estimate of drug-likeness (QED) is 0.356. The van der Waals surface area contributed by atoms with Gasteiger partial charge in [0, 0.05) is 12.1 Å². The zero-order valence-electron chi connectivity index (χ0n) is 12.0. The van der Waals surface area contributed by atoms with Gasteiger partial charge in [-0.15, -0.1) is 0 Å². The van der Waals surface area contributed by atoms with Gasteiger partial charge in [-0.05, 0) is 35.9 Å². The summed E-state index contributed by atoms with van der Waals surface area (Å²) in [5.41, 5.74) is 1.08. The summed E-state index contributed by atoms with van der Waals surface area (Å²) in [4.78, 5) is 24.5. The van der Waals surface area contributed by atoms with Crippen molar-refractivity contribution in [2.45, 2.75) is 0 Å². The van der Waals surface area contributed by atoms with Crippen molar-refractivity contribution in [3.05, 3.63) is 74.9 Å². The van der Waals surface area contributed by atoms with Crippen LogP contribution in [0.4, 0.5) is 15.8 Å². The smallest absolute Gasteiger partial charge is 0.268 e. The average molecular weight is 360 g/mol. The van der Waals surface area contributed by atoms with Crippen molar-refractivity contribution >= 4 is 51.7 Å². The SMILES string of the molecule is O=C1/C(=C\c2ccc(F)cc2)SC(=S)N1c1ccc([N+](=O)[O-])cc1. The number of benzene rings is 2. The molecule has 8 heteroatoms. The van der Waals surface area contributed by atoms with E-state index in [-0.39, 0.29) is 17.4 Å². The van der Waals surface area contributed by atoms with Crippen LogP contribution in [0, 0.1) is 15.9 Å². The Morgan fingerprint density at radius 3 is 2.33 bits per heavy atom. The highest BCUT2D eigenvalue weighted by atomic mass is 32.2. The summed E-state index contributed by atoms with van der Waals surface area (Å²) >= 11 is 6.36. The third-order valence-electron chi connectivity index (χ3n) is 3.28. The van der Waals surface area contributed by atoms with Crippen molar-refractivity contribution in [1.82, 2.24) is 0 Å². The van der Waals surface area contributed by atoms with Gasteiger partial charge in [0.25, 0.3) is 11.6 Å². The van der Waals surface area contributed by atoms with E-state index in [9.17, 15) is 19.3 Å². The number of hydrogen-bond acceptors (Lipinski definition) is 5. The zero-order valence-corrected chi connectivity index (χ0v) is 13.6. The van der Waals surface area contributed by atoms with E-state index in [0.29, 0.717) is 20.5 Å². The van der Waals surface area contributed by atoms with Gasteiger partial charge in [0.1, 0.15) is 5.82 Å². The maximum Gasteiger partial charge on any atom is 0.270 e. The highest BCUT2D eigenvalue weighted by Gasteiger charge is 2.33. The monoisotopic (exact) mass is 360 g/mol. The molecule has 0 atom stereocenters. The summed E-state index contributed by atoms with van der Waals surface area (Å²) in [6, 6.07) is 11.3. The molecular formula is C16H9FN2O3S2. The fourth-order valence-electron chi connectivity index (χ4n) is 2.12. The maximum atomic E-state index is 12.9. The molecule has 3 rings (SSSR count). The minimum absolute atomic E-state index is 0.0638. The van der Waals surface area contributed by atoms with E-state index in [4.69, 9.17) is 12.2 Å². The van der Waals surface area contributed by atoms with Crippen LogP contribution >= 0.6 is 24.0 Å². The first-order chi connectivity index (χ1) is 11.5. The number of thiocarbonyl (C=S) groups is 1. The third kappa shape index (κ3) is 3.19. The van der Waals surface area contributed by atoms with Gasteiger partial charge >= 0.3 is 0 Å². The normalized spacial score (nSPS) is 16.0. The summed E-state index contributed by atoms with van der Waals surface area (Å²) in [7, 11) is 0. The second-order valence-corrected chi connectivity index (χ2v) is 6.52. The molecule has 0 aliphatic carbocycles. The Morgan fingerprint density at radius 2 is 1.75 bits per heavy atom. The van der Waals surface area contributed by atoms with Crippen LogP contribution in [0.2, 0.25) is 0 Å². The van der Waals surface area contributed by atoms with Gasteiger partial charge in [-0.25, -0.2) is 4.39 Å². The van der Waals surface area contributed by atoms with E-state index < -0.39 is 4.92 Å². The first-order valence-electron chi connectivity index (χ1n) is 6.74. The van der Waals surface area contributed by atoms with Crippen molar-refractivity contribution in [3.63, 3.8) is 0 Å². The molecule has 24 heavy (non-hydrogen) atoms. The molecule has 2 aromatic rings. The number of nitrogens with zero attached hydrogens (tertiary/aromatic N) is 2. The Kier molecular flexibility index (Phi) is 4.41. The molecule has 5 nitrogen and oxygen atoms in total. The summed E-state index contributed by atoms with van der Waals surface area (Å²) in [6.45, 7) is 0. The number of rotatable bonds is 3. The summed E-state index contributed by atoms with van der Waals surface area (Å²) < 4.78 is 13.3. The van der Waals surface area contributed by atoms with Crippen molar-refractivity contribution in [3.8, 4) is 0 Å². The molecule has 0 radical (unpaired) electrons. The fourth-order valence-corrected chi connectivity index (χ4v) is 3.42. The number of anilines is 1. The molecule has 0 aromatic heterocycles. The molecule has 1 fully saturated rings. The van der Waals surface area contributed by atoms with Gasteiger partial charge < -0.3 is 0 Å². The molecule has 0 unspecified atom stereocenters. The van der Waals surface area contributed by atoms with Gasteiger partial charge in [0.2, 0.25) is 0 Å². The van der Waals surface area contributed by atoms with Gasteiger partial charge in [-0.1, -0.05) is 36.1 Å². The molecular weight excluding hydrogens is 351 g/mol. The lowest BCUT2D eigenvalue weighted by atomic mass is 10.2. The lowest BCUT2D eigenvalue weighted by Crippen LogP contribution is -2.27. The number of carbonyl (C=O) groups is 1. The number of amides is 1. The molecule has 0 saturated carbocycles. The Morgan fingerprint density at radius 1 is 1.12 bits per heavy atom. The summed E-state index contributed by atoms with van der Waals surface area (Å²) in [5.74, 6) is -0.672. The van der Waals surface area contributed by atoms with Crippen LogP contribution in [0.3, 0.4) is 0 Å². The van der Waals surface area contributed by atoms with Crippen molar-refractivity contribution in [2.75, 3.05) is 4.90 Å². The van der Waals surface area contributed by atoms with Crippen LogP contribution in [0.1, 0.15) is 5.56 Å². The molecule has 120 valence electrons. The van der Waals surface area contributed by atoms with Crippen LogP contribution in [0.5, 0.6) is 0 Å². The average Bonchev–Trinajstić information content (AvgIpc) is 2.83. The standard InChI is InChI=1S/C16H9FN2O3S2/c17-11-3-1-10(2-4-11)9-14-15(20)18(16(23)24-14)12-5-7-13(8-6-12)19(21)22/h1-9H/b14-9+. The second-order valence-electron chi connectivity index (χ2n) is 4.84. The van der Waals surface area contributed by atoms with E-state index in [1.54, 1.807) is 18.2 Å². The van der Waals surface area contributed by atoms with Gasteiger partial charge in [-0.2, -0.15) is 0 Å². The summed E-state index contributed by atoms with van der Waals surface area (Å²) in [5, 5.41) is 10.7. The van der Waals surface area contributed by atoms with E-state index in [1.807, 2.05) is 0 Å². The van der Waals surface area contributed by atoms with Crippen molar-refractivity contribution in [2.24, 2.45) is 0 Å². The first kappa shape index (κ1) is 16.3. The largest absolute Gasteiger partial charge is 0.270 e. The third-order valence-corrected chi connectivity index (χ3v) is 4.58. The molecule has 1 amide bonds. The highest BCUT2D eigenvalue weighted by molar-refractivity contribution is 8.27. The van der Waals surface area contributed by atoms with Crippen molar-refractivity contribution < 1.29 is 14.1 Å². The Labute approximate surface area is 145 Å². The summed E-state index contributed by atoms with van der Waals surface area (Å²) in [6.07, 6.45) is 1.63. The molecule has 0 bridgehead atoms. The molecule has 0 spiro atoms. The molecule has 1 aliphatic heterocycles. The van der Waals surface area contributed by atoms with Crippen LogP contribution in [0.25, 0.3) is 6.08 Å². The topological polar surface area (TPSA) is 63.5 Å². The van der Waals surface area contributed by atoms with Crippen LogP contribution < -0.4 is 4.90 Å². The number of thioether (sulfide) groups is 1. The van der Waals surface area contributed by atoms with Crippen LogP contribution in [-0.2, 0) is 4.79 Å². The number of halogens is 1. The highest BCUT2D eigenvalue weighted by Crippen LogP contribution is 2.36. The second kappa shape index (κ2) is 6.50. The molecule has 1 saturated heterocycles. The van der Waals surface area contributed by atoms with Crippen LogP contribution in [0.15, 0.2) is 53.4 Å². The van der Waals surface area contributed by atoms with Gasteiger partial charge in [0.05, 0.1) is 15.5 Å². The van der Waals surface area contributed by atoms with Crippen molar-refractivity contribution in [1.29, 1.82) is 0 Å². The number of nitro groups is 1. The number of non-ortho nitro benzene ring substituents is 1.